The second-order valence-electron chi connectivity index (χ2n) is 3.69. The molecule has 1 aromatic carbocycles. The second-order valence-corrected chi connectivity index (χ2v) is 3.69. The van der Waals surface area contributed by atoms with Gasteiger partial charge in [-0.2, -0.15) is 5.10 Å². The first-order valence-corrected chi connectivity index (χ1v) is 5.30. The lowest BCUT2D eigenvalue weighted by molar-refractivity contribution is 0.201. The zero-order chi connectivity index (χ0) is 12.3. The van der Waals surface area contributed by atoms with Gasteiger partial charge in [-0.3, -0.25) is 5.10 Å². The number of nitrogens with zero attached hydrogens (tertiary/aromatic N) is 1. The number of methoxy groups -OCH3 is 1. The van der Waals surface area contributed by atoms with Gasteiger partial charge in [-0.1, -0.05) is 18.2 Å². The Hall–Kier alpha value is -1.88. The molecule has 0 atom stereocenters. The normalized spacial score (nSPS) is 10.7. The molecule has 0 aliphatic carbocycles. The van der Waals surface area contributed by atoms with Gasteiger partial charge in [0.1, 0.15) is 5.82 Å². The van der Waals surface area contributed by atoms with Crippen LogP contribution in [0, 0.1) is 5.82 Å². The van der Waals surface area contributed by atoms with E-state index in [0.29, 0.717) is 30.0 Å². The minimum atomic E-state index is -0.306. The smallest absolute Gasteiger partial charge is 0.153 e. The molecule has 0 aliphatic heterocycles. The van der Waals surface area contributed by atoms with Gasteiger partial charge in [-0.15, -0.1) is 0 Å². The molecule has 5 heteroatoms. The first-order valence-electron chi connectivity index (χ1n) is 5.30. The lowest BCUT2D eigenvalue weighted by Crippen LogP contribution is -1.98. The molecule has 1 heterocycles. The standard InChI is InChI=1S/C12H14FN3O/c1-17-7-6-10-11(12(14)16-15-10)8-4-2-3-5-9(8)13/h2-5H,6-7H2,1H3,(H3,14,15,16). The number of nitrogens with one attached hydrogen (secondary N) is 1. The van der Waals surface area contributed by atoms with Gasteiger partial charge in [0, 0.05) is 30.4 Å². The summed E-state index contributed by atoms with van der Waals surface area (Å²) in [6.07, 6.45) is 0.615. The van der Waals surface area contributed by atoms with Crippen LogP contribution in [0.4, 0.5) is 10.2 Å². The number of aromatic nitrogens is 2. The molecule has 2 rings (SSSR count). The topological polar surface area (TPSA) is 63.9 Å². The van der Waals surface area contributed by atoms with Crippen molar-refractivity contribution in [3.8, 4) is 11.1 Å². The highest BCUT2D eigenvalue weighted by Gasteiger charge is 2.15. The summed E-state index contributed by atoms with van der Waals surface area (Å²) >= 11 is 0. The Morgan fingerprint density at radius 3 is 2.88 bits per heavy atom. The molecule has 0 saturated carbocycles. The largest absolute Gasteiger partial charge is 0.384 e. The number of ether oxygens (including phenoxy) is 1. The highest BCUT2D eigenvalue weighted by molar-refractivity contribution is 5.76. The zero-order valence-corrected chi connectivity index (χ0v) is 9.53. The Labute approximate surface area is 98.6 Å². The van der Waals surface area contributed by atoms with E-state index in [0.717, 1.165) is 5.69 Å². The first kappa shape index (κ1) is 11.6. The molecule has 17 heavy (non-hydrogen) atoms. The van der Waals surface area contributed by atoms with Crippen LogP contribution in [0.25, 0.3) is 11.1 Å². The molecule has 0 bridgehead atoms. The Bertz CT molecular complexity index is 510. The van der Waals surface area contributed by atoms with E-state index in [2.05, 4.69) is 10.2 Å². The molecular weight excluding hydrogens is 221 g/mol. The molecule has 0 fully saturated rings. The Balaban J connectivity index is 2.44. The third kappa shape index (κ3) is 2.29. The van der Waals surface area contributed by atoms with Crippen molar-refractivity contribution in [2.45, 2.75) is 6.42 Å². The van der Waals surface area contributed by atoms with Crippen molar-refractivity contribution in [2.24, 2.45) is 0 Å². The first-order chi connectivity index (χ1) is 8.24. The number of nitrogens with two attached hydrogens (primary N) is 1. The summed E-state index contributed by atoms with van der Waals surface area (Å²) in [6.45, 7) is 0.531. The Morgan fingerprint density at radius 2 is 2.18 bits per heavy atom. The minimum Gasteiger partial charge on any atom is -0.384 e. The van der Waals surface area contributed by atoms with E-state index in [1.807, 2.05) is 0 Å². The van der Waals surface area contributed by atoms with Crippen molar-refractivity contribution in [3.63, 3.8) is 0 Å². The molecule has 0 amide bonds. The van der Waals surface area contributed by atoms with Gasteiger partial charge >= 0.3 is 0 Å². The summed E-state index contributed by atoms with van der Waals surface area (Å²) in [4.78, 5) is 0. The van der Waals surface area contributed by atoms with E-state index >= 15 is 0 Å². The second kappa shape index (κ2) is 4.97. The fourth-order valence-corrected chi connectivity index (χ4v) is 1.74. The third-order valence-corrected chi connectivity index (χ3v) is 2.57. The lowest BCUT2D eigenvalue weighted by Gasteiger charge is -2.05. The number of rotatable bonds is 4. The van der Waals surface area contributed by atoms with Crippen molar-refractivity contribution in [1.82, 2.24) is 10.2 Å². The molecule has 3 N–H and O–H groups in total. The summed E-state index contributed by atoms with van der Waals surface area (Å²) in [6, 6.07) is 6.50. The molecule has 0 radical (unpaired) electrons. The molecule has 4 nitrogen and oxygen atoms in total. The molecule has 0 saturated heterocycles. The maximum absolute atomic E-state index is 13.7. The number of hydrogen-bond donors (Lipinski definition) is 2. The molecule has 1 aromatic heterocycles. The zero-order valence-electron chi connectivity index (χ0n) is 9.53. The molecule has 0 spiro atoms. The van der Waals surface area contributed by atoms with E-state index in [1.54, 1.807) is 25.3 Å². The van der Waals surface area contributed by atoms with E-state index < -0.39 is 0 Å². The van der Waals surface area contributed by atoms with Crippen molar-refractivity contribution in [2.75, 3.05) is 19.5 Å². The van der Waals surface area contributed by atoms with Crippen molar-refractivity contribution >= 4 is 5.82 Å². The fourth-order valence-electron chi connectivity index (χ4n) is 1.74. The van der Waals surface area contributed by atoms with Crippen molar-refractivity contribution < 1.29 is 9.13 Å². The average Bonchev–Trinajstić information content (AvgIpc) is 2.69. The van der Waals surface area contributed by atoms with Gasteiger partial charge in [-0.05, 0) is 6.07 Å². The van der Waals surface area contributed by atoms with Crippen molar-refractivity contribution in [1.29, 1.82) is 0 Å². The van der Waals surface area contributed by atoms with Gasteiger partial charge in [0.05, 0.1) is 6.61 Å². The number of halogens is 1. The summed E-state index contributed by atoms with van der Waals surface area (Å²) in [5.41, 5.74) is 7.64. The third-order valence-electron chi connectivity index (χ3n) is 2.57. The monoisotopic (exact) mass is 235 g/mol. The van der Waals surface area contributed by atoms with E-state index in [4.69, 9.17) is 10.5 Å². The molecule has 90 valence electrons. The number of anilines is 1. The van der Waals surface area contributed by atoms with Gasteiger partial charge in [0.2, 0.25) is 0 Å². The van der Waals surface area contributed by atoms with E-state index in [-0.39, 0.29) is 5.82 Å². The van der Waals surface area contributed by atoms with Crippen LogP contribution in [0.2, 0.25) is 0 Å². The van der Waals surface area contributed by atoms with Gasteiger partial charge in [0.15, 0.2) is 5.82 Å². The summed E-state index contributed by atoms with van der Waals surface area (Å²) in [7, 11) is 1.61. The van der Waals surface area contributed by atoms with Crippen LogP contribution in [-0.4, -0.2) is 23.9 Å². The highest BCUT2D eigenvalue weighted by Crippen LogP contribution is 2.30. The van der Waals surface area contributed by atoms with E-state index in [1.165, 1.54) is 6.07 Å². The predicted molar refractivity (Wildman–Crippen MR) is 64.0 cm³/mol. The number of benzene rings is 1. The van der Waals surface area contributed by atoms with Crippen LogP contribution in [0.1, 0.15) is 5.69 Å². The van der Waals surface area contributed by atoms with Crippen molar-refractivity contribution in [3.05, 3.63) is 35.8 Å². The van der Waals surface area contributed by atoms with Gasteiger partial charge in [-0.25, -0.2) is 4.39 Å². The molecule has 0 unspecified atom stereocenters. The van der Waals surface area contributed by atoms with Gasteiger partial charge in [0.25, 0.3) is 0 Å². The summed E-state index contributed by atoms with van der Waals surface area (Å²) in [5, 5.41) is 6.73. The fraction of sp³-hybridized carbons (Fsp3) is 0.250. The number of aromatic amines is 1. The summed E-state index contributed by atoms with van der Waals surface area (Å²) in [5.74, 6) is 0.000435. The van der Waals surface area contributed by atoms with Crippen LogP contribution in [-0.2, 0) is 11.2 Å². The Morgan fingerprint density at radius 1 is 1.41 bits per heavy atom. The van der Waals surface area contributed by atoms with Crippen LogP contribution in [0.5, 0.6) is 0 Å². The predicted octanol–water partition coefficient (Wildman–Crippen LogP) is 1.99. The number of hydrogen-bond acceptors (Lipinski definition) is 3. The average molecular weight is 235 g/mol. The SMILES string of the molecule is COCCc1[nH]nc(N)c1-c1ccccc1F. The molecular formula is C12H14FN3O. The van der Waals surface area contributed by atoms with Gasteiger partial charge < -0.3 is 10.5 Å². The Kier molecular flexibility index (Phi) is 3.39. The summed E-state index contributed by atoms with van der Waals surface area (Å²) < 4.78 is 18.7. The van der Waals surface area contributed by atoms with Crippen LogP contribution < -0.4 is 5.73 Å². The molecule has 2 aromatic rings. The lowest BCUT2D eigenvalue weighted by atomic mass is 10.0. The maximum Gasteiger partial charge on any atom is 0.153 e. The molecule has 0 aliphatic rings. The van der Waals surface area contributed by atoms with Crippen LogP contribution in [0.3, 0.4) is 0 Å². The number of H-pyrrole nitrogens is 1. The minimum absolute atomic E-state index is 0.306. The maximum atomic E-state index is 13.7. The quantitative estimate of drug-likeness (QED) is 0.851. The van der Waals surface area contributed by atoms with E-state index in [9.17, 15) is 4.39 Å². The highest BCUT2D eigenvalue weighted by atomic mass is 19.1. The number of nitrogen functional groups attached to an aromatic ring is 1. The van der Waals surface area contributed by atoms with Crippen LogP contribution >= 0.6 is 0 Å². The van der Waals surface area contributed by atoms with Crippen LogP contribution in [0.15, 0.2) is 24.3 Å².